The minimum Gasteiger partial charge on any atom is -0.299 e. The fourth-order valence-electron chi connectivity index (χ4n) is 4.60. The molecule has 0 unspecified atom stereocenters. The molecule has 4 rings (SSSR count). The molecule has 1 heterocycles. The van der Waals surface area contributed by atoms with E-state index in [0.29, 0.717) is 12.8 Å². The van der Waals surface area contributed by atoms with E-state index in [2.05, 4.69) is 63.9 Å². The summed E-state index contributed by atoms with van der Waals surface area (Å²) in [6.45, 7) is 11.2. The second-order valence-corrected chi connectivity index (χ2v) is 9.73. The van der Waals surface area contributed by atoms with E-state index < -0.39 is 5.92 Å². The van der Waals surface area contributed by atoms with Gasteiger partial charge >= 0.3 is 0 Å². The van der Waals surface area contributed by atoms with Crippen molar-refractivity contribution >= 4 is 11.6 Å². The SMILES string of the molecule is Cc1cc2c(cc1Cc1ccc(C3C(=O)CCC3=O)cn1)C(C)(C)C=CC2(C)C. The van der Waals surface area contributed by atoms with Crippen LogP contribution in [-0.2, 0) is 26.8 Å². The van der Waals surface area contributed by atoms with E-state index in [1.165, 1.54) is 22.3 Å². The monoisotopic (exact) mass is 387 g/mol. The Labute approximate surface area is 173 Å². The van der Waals surface area contributed by atoms with E-state index in [4.69, 9.17) is 0 Å². The summed E-state index contributed by atoms with van der Waals surface area (Å²) in [6, 6.07) is 8.54. The van der Waals surface area contributed by atoms with Crippen LogP contribution in [0.1, 0.15) is 80.0 Å². The summed E-state index contributed by atoms with van der Waals surface area (Å²) >= 11 is 0. The van der Waals surface area contributed by atoms with Crippen LogP contribution in [0, 0.1) is 6.92 Å². The summed E-state index contributed by atoms with van der Waals surface area (Å²) in [5.74, 6) is -0.558. The molecule has 1 saturated carbocycles. The van der Waals surface area contributed by atoms with E-state index in [1.807, 2.05) is 12.1 Å². The molecule has 3 heteroatoms. The highest BCUT2D eigenvalue weighted by Gasteiger charge is 2.35. The molecule has 2 aromatic rings. The van der Waals surface area contributed by atoms with Crippen LogP contribution in [0.2, 0.25) is 0 Å². The van der Waals surface area contributed by atoms with Crippen LogP contribution in [0.5, 0.6) is 0 Å². The zero-order valence-electron chi connectivity index (χ0n) is 18.0. The summed E-state index contributed by atoms with van der Waals surface area (Å²) in [4.78, 5) is 28.6. The minimum atomic E-state index is -0.600. The van der Waals surface area contributed by atoms with Crippen LogP contribution < -0.4 is 0 Å². The number of ketones is 2. The molecule has 2 aliphatic carbocycles. The average molecular weight is 388 g/mol. The summed E-state index contributed by atoms with van der Waals surface area (Å²) in [7, 11) is 0. The van der Waals surface area contributed by atoms with Crippen LogP contribution in [0.15, 0.2) is 42.6 Å². The van der Waals surface area contributed by atoms with Gasteiger partial charge in [-0.1, -0.05) is 58.0 Å². The van der Waals surface area contributed by atoms with Gasteiger partial charge in [0.05, 0.1) is 0 Å². The Hall–Kier alpha value is -2.55. The number of rotatable bonds is 3. The van der Waals surface area contributed by atoms with E-state index in [1.54, 1.807) is 6.20 Å². The number of Topliss-reactive ketones (excluding diaryl/α,β-unsaturated/α-hetero) is 2. The maximum Gasteiger partial charge on any atom is 0.148 e. The molecule has 0 aliphatic heterocycles. The van der Waals surface area contributed by atoms with Gasteiger partial charge in [-0.25, -0.2) is 0 Å². The minimum absolute atomic E-state index is 0.00772. The van der Waals surface area contributed by atoms with Gasteiger partial charge in [0.1, 0.15) is 17.5 Å². The lowest BCUT2D eigenvalue weighted by molar-refractivity contribution is -0.123. The molecule has 150 valence electrons. The molecule has 29 heavy (non-hydrogen) atoms. The van der Waals surface area contributed by atoms with E-state index in [9.17, 15) is 9.59 Å². The molecule has 0 spiro atoms. The number of carbonyl (C=O) groups excluding carboxylic acids is 2. The number of fused-ring (bicyclic) bond motifs is 1. The molecule has 0 radical (unpaired) electrons. The maximum absolute atomic E-state index is 12.0. The van der Waals surface area contributed by atoms with Crippen molar-refractivity contribution in [1.82, 2.24) is 4.98 Å². The first-order chi connectivity index (χ1) is 13.6. The third-order valence-corrected chi connectivity index (χ3v) is 6.60. The van der Waals surface area contributed by atoms with Crippen LogP contribution in [-0.4, -0.2) is 16.6 Å². The predicted octanol–water partition coefficient (Wildman–Crippen LogP) is 5.12. The van der Waals surface area contributed by atoms with Gasteiger partial charge in [0, 0.05) is 42.0 Å². The number of hydrogen-bond acceptors (Lipinski definition) is 3. The van der Waals surface area contributed by atoms with Crippen LogP contribution in [0.3, 0.4) is 0 Å². The lowest BCUT2D eigenvalue weighted by Gasteiger charge is -2.37. The summed E-state index contributed by atoms with van der Waals surface area (Å²) < 4.78 is 0. The van der Waals surface area contributed by atoms with Crippen molar-refractivity contribution in [3.8, 4) is 0 Å². The number of pyridine rings is 1. The zero-order chi connectivity index (χ0) is 21.0. The normalized spacial score (nSPS) is 20.2. The van der Waals surface area contributed by atoms with Crippen molar-refractivity contribution in [2.24, 2.45) is 0 Å². The fourth-order valence-corrected chi connectivity index (χ4v) is 4.60. The average Bonchev–Trinajstić information content (AvgIpc) is 2.99. The van der Waals surface area contributed by atoms with Crippen molar-refractivity contribution < 1.29 is 9.59 Å². The number of carbonyl (C=O) groups is 2. The second-order valence-electron chi connectivity index (χ2n) is 9.73. The highest BCUT2D eigenvalue weighted by atomic mass is 16.2. The van der Waals surface area contributed by atoms with E-state index in [0.717, 1.165) is 17.7 Å². The van der Waals surface area contributed by atoms with Gasteiger partial charge in [-0.2, -0.15) is 0 Å². The molecular formula is C26H29NO2. The van der Waals surface area contributed by atoms with Crippen molar-refractivity contribution in [2.45, 2.75) is 70.6 Å². The zero-order valence-corrected chi connectivity index (χ0v) is 18.0. The van der Waals surface area contributed by atoms with Crippen molar-refractivity contribution in [3.63, 3.8) is 0 Å². The van der Waals surface area contributed by atoms with Crippen LogP contribution >= 0.6 is 0 Å². The Morgan fingerprint density at radius 2 is 1.52 bits per heavy atom. The van der Waals surface area contributed by atoms with Gasteiger partial charge in [0.2, 0.25) is 0 Å². The second kappa shape index (κ2) is 6.76. The topological polar surface area (TPSA) is 47.0 Å². The molecule has 0 amide bonds. The highest BCUT2D eigenvalue weighted by molar-refractivity contribution is 6.13. The van der Waals surface area contributed by atoms with Crippen LogP contribution in [0.4, 0.5) is 0 Å². The lowest BCUT2D eigenvalue weighted by Crippen LogP contribution is -2.29. The Bertz CT molecular complexity index is 1010. The lowest BCUT2D eigenvalue weighted by atomic mass is 9.67. The maximum atomic E-state index is 12.0. The van der Waals surface area contributed by atoms with E-state index in [-0.39, 0.29) is 22.4 Å². The summed E-state index contributed by atoms with van der Waals surface area (Å²) in [5, 5.41) is 0. The van der Waals surface area contributed by atoms with Gasteiger partial charge in [-0.3, -0.25) is 14.6 Å². The summed E-state index contributed by atoms with van der Waals surface area (Å²) in [6.07, 6.45) is 7.81. The Kier molecular flexibility index (Phi) is 4.60. The predicted molar refractivity (Wildman–Crippen MR) is 115 cm³/mol. The number of aryl methyl sites for hydroxylation is 1. The molecule has 2 aliphatic rings. The molecule has 1 fully saturated rings. The molecule has 0 atom stereocenters. The number of allylic oxidation sites excluding steroid dienone is 2. The molecular weight excluding hydrogens is 358 g/mol. The third-order valence-electron chi connectivity index (χ3n) is 6.60. The first-order valence-electron chi connectivity index (χ1n) is 10.4. The Morgan fingerprint density at radius 1 is 0.931 bits per heavy atom. The van der Waals surface area contributed by atoms with Crippen molar-refractivity contribution in [1.29, 1.82) is 0 Å². The largest absolute Gasteiger partial charge is 0.299 e. The first kappa shape index (κ1) is 19.8. The summed E-state index contributed by atoms with van der Waals surface area (Å²) in [5.41, 5.74) is 7.06. The van der Waals surface area contributed by atoms with Crippen molar-refractivity contribution in [2.75, 3.05) is 0 Å². The standard InChI is InChI=1S/C26H29NO2/c1-16-12-20-21(26(4,5)11-10-25(20,2)3)14-18(16)13-19-7-6-17(15-27-19)24-22(28)8-9-23(24)29/h6-7,10-12,14-15,24H,8-9,13H2,1-5H3. The molecule has 1 aromatic carbocycles. The van der Waals surface area contributed by atoms with Gasteiger partial charge in [0.25, 0.3) is 0 Å². The van der Waals surface area contributed by atoms with Gasteiger partial charge in [0.15, 0.2) is 0 Å². The number of aromatic nitrogens is 1. The van der Waals surface area contributed by atoms with Gasteiger partial charge in [-0.05, 0) is 40.8 Å². The fraction of sp³-hybridized carbons (Fsp3) is 0.423. The number of hydrogen-bond donors (Lipinski definition) is 0. The Balaban J connectivity index is 1.64. The molecule has 3 nitrogen and oxygen atoms in total. The number of nitrogens with zero attached hydrogens (tertiary/aromatic N) is 1. The van der Waals surface area contributed by atoms with Crippen molar-refractivity contribution in [3.05, 3.63) is 76.1 Å². The molecule has 0 N–H and O–H groups in total. The van der Waals surface area contributed by atoms with Crippen LogP contribution in [0.25, 0.3) is 0 Å². The van der Waals surface area contributed by atoms with E-state index >= 15 is 0 Å². The first-order valence-corrected chi connectivity index (χ1v) is 10.4. The quantitative estimate of drug-likeness (QED) is 0.542. The smallest absolute Gasteiger partial charge is 0.148 e. The Morgan fingerprint density at radius 3 is 2.07 bits per heavy atom. The third kappa shape index (κ3) is 3.48. The van der Waals surface area contributed by atoms with Gasteiger partial charge < -0.3 is 0 Å². The highest BCUT2D eigenvalue weighted by Crippen LogP contribution is 2.42. The molecule has 0 bridgehead atoms. The molecule has 1 aromatic heterocycles. The number of benzene rings is 1. The molecule has 0 saturated heterocycles. The van der Waals surface area contributed by atoms with Gasteiger partial charge in [-0.15, -0.1) is 0 Å².